The van der Waals surface area contributed by atoms with Crippen LogP contribution in [0.5, 0.6) is 17.2 Å². The molecule has 0 saturated heterocycles. The molecule has 3 aromatic carbocycles. The van der Waals surface area contributed by atoms with Gasteiger partial charge in [-0.1, -0.05) is 35.3 Å². The Balaban J connectivity index is 1.27. The maximum atomic E-state index is 13.5. The first-order valence-electron chi connectivity index (χ1n) is 15.9. The van der Waals surface area contributed by atoms with E-state index in [1.165, 1.54) is 19.4 Å². The van der Waals surface area contributed by atoms with Gasteiger partial charge in [-0.2, -0.15) is 13.2 Å². The van der Waals surface area contributed by atoms with Crippen molar-refractivity contribution in [3.8, 4) is 28.4 Å². The Morgan fingerprint density at radius 3 is 2.35 bits per heavy atom. The normalized spacial score (nSPS) is 15.9. The second kappa shape index (κ2) is 13.2. The lowest BCUT2D eigenvalue weighted by Crippen LogP contribution is -2.34. The van der Waals surface area contributed by atoms with E-state index in [0.29, 0.717) is 74.0 Å². The third kappa shape index (κ3) is 6.19. The number of hydrogen-bond donors (Lipinski definition) is 4. The highest BCUT2D eigenvalue weighted by Gasteiger charge is 2.35. The van der Waals surface area contributed by atoms with E-state index in [0.717, 1.165) is 17.2 Å². The molecule has 4 N–H and O–H groups in total. The SMILES string of the molecule is COc1c2c(cc(C)c1-c1cc3c(cc1Cl)Oc1cc(Cl)ccc1C3NC(=O)c1ccc[nH]c1=O)C(NC(=O)c1ccc(C(F)(F)F)[nH]c1=O)CC2. The van der Waals surface area contributed by atoms with Crippen LogP contribution in [0.1, 0.15) is 72.7 Å². The predicted octanol–water partition coefficient (Wildman–Crippen LogP) is 7.42. The van der Waals surface area contributed by atoms with Crippen LogP contribution in [0.15, 0.2) is 76.4 Å². The summed E-state index contributed by atoms with van der Waals surface area (Å²) in [7, 11) is 1.50. The van der Waals surface area contributed by atoms with Gasteiger partial charge in [0.25, 0.3) is 22.9 Å². The number of aryl methyl sites for hydroxylation is 1. The van der Waals surface area contributed by atoms with Crippen LogP contribution < -0.4 is 31.2 Å². The highest BCUT2D eigenvalue weighted by Crippen LogP contribution is 2.51. The van der Waals surface area contributed by atoms with Crippen molar-refractivity contribution in [2.24, 2.45) is 0 Å². The summed E-state index contributed by atoms with van der Waals surface area (Å²) < 4.78 is 51.3. The number of H-pyrrole nitrogens is 2. The fourth-order valence-corrected chi connectivity index (χ4v) is 7.20. The molecule has 10 nitrogen and oxygen atoms in total. The Kier molecular flexibility index (Phi) is 8.87. The maximum absolute atomic E-state index is 13.5. The van der Waals surface area contributed by atoms with Crippen LogP contribution in [-0.2, 0) is 12.6 Å². The lowest BCUT2D eigenvalue weighted by Gasteiger charge is -2.30. The van der Waals surface area contributed by atoms with E-state index in [1.807, 2.05) is 13.0 Å². The average molecular weight is 752 g/mol. The van der Waals surface area contributed by atoms with Gasteiger partial charge in [0.15, 0.2) is 0 Å². The molecule has 5 aromatic rings. The summed E-state index contributed by atoms with van der Waals surface area (Å²) in [5, 5.41) is 6.46. The fourth-order valence-electron chi connectivity index (χ4n) is 6.79. The molecule has 2 amide bonds. The molecule has 0 radical (unpaired) electrons. The minimum absolute atomic E-state index is 0.0825. The number of fused-ring (bicyclic) bond motifs is 3. The monoisotopic (exact) mass is 750 g/mol. The van der Waals surface area contributed by atoms with E-state index in [-0.39, 0.29) is 5.56 Å². The molecule has 1 aliphatic heterocycles. The van der Waals surface area contributed by atoms with Crippen molar-refractivity contribution < 1.29 is 32.2 Å². The van der Waals surface area contributed by atoms with Crippen LogP contribution in [-0.4, -0.2) is 28.9 Å². The van der Waals surface area contributed by atoms with Gasteiger partial charge in [-0.3, -0.25) is 19.2 Å². The van der Waals surface area contributed by atoms with Crippen LogP contribution in [0.3, 0.4) is 0 Å². The Hall–Kier alpha value is -5.53. The van der Waals surface area contributed by atoms with E-state index in [2.05, 4.69) is 15.6 Å². The van der Waals surface area contributed by atoms with Crippen molar-refractivity contribution in [2.45, 2.75) is 38.0 Å². The average Bonchev–Trinajstić information content (AvgIpc) is 3.48. The minimum atomic E-state index is -4.77. The molecule has 0 saturated carbocycles. The summed E-state index contributed by atoms with van der Waals surface area (Å²) in [6.07, 6.45) is -2.45. The minimum Gasteiger partial charge on any atom is -0.496 e. The van der Waals surface area contributed by atoms with Gasteiger partial charge in [-0.25, -0.2) is 0 Å². The van der Waals surface area contributed by atoms with Gasteiger partial charge < -0.3 is 30.1 Å². The van der Waals surface area contributed by atoms with Crippen LogP contribution in [0.2, 0.25) is 10.0 Å². The number of halogens is 5. The second-order valence-corrected chi connectivity index (χ2v) is 13.2. The molecule has 2 unspecified atom stereocenters. The lowest BCUT2D eigenvalue weighted by molar-refractivity contribution is -0.141. The van der Waals surface area contributed by atoms with Crippen LogP contribution >= 0.6 is 23.2 Å². The number of aromatic amines is 2. The largest absolute Gasteiger partial charge is 0.496 e. The van der Waals surface area contributed by atoms with E-state index >= 15 is 0 Å². The zero-order valence-electron chi connectivity index (χ0n) is 27.3. The Labute approximate surface area is 302 Å². The Bertz CT molecular complexity index is 2430. The Morgan fingerprint density at radius 1 is 0.904 bits per heavy atom. The summed E-state index contributed by atoms with van der Waals surface area (Å²) in [5.74, 6) is -0.196. The smallest absolute Gasteiger partial charge is 0.431 e. The third-order valence-electron chi connectivity index (χ3n) is 9.17. The third-order valence-corrected chi connectivity index (χ3v) is 9.72. The van der Waals surface area contributed by atoms with Crippen molar-refractivity contribution in [1.29, 1.82) is 0 Å². The first-order valence-corrected chi connectivity index (χ1v) is 16.6. The molecule has 2 atom stereocenters. The summed E-state index contributed by atoms with van der Waals surface area (Å²) >= 11 is 13.2. The number of alkyl halides is 3. The lowest BCUT2D eigenvalue weighted by atomic mass is 9.88. The van der Waals surface area contributed by atoms with Gasteiger partial charge >= 0.3 is 6.18 Å². The van der Waals surface area contributed by atoms with Gasteiger partial charge in [0.05, 0.1) is 24.2 Å². The molecule has 2 aromatic heterocycles. The zero-order valence-corrected chi connectivity index (χ0v) is 28.8. The fraction of sp³-hybridized carbons (Fsp3) is 0.189. The van der Waals surface area contributed by atoms with Gasteiger partial charge in [0.2, 0.25) is 0 Å². The van der Waals surface area contributed by atoms with Crippen LogP contribution in [0, 0.1) is 6.92 Å². The molecule has 0 bridgehead atoms. The number of rotatable bonds is 6. The van der Waals surface area contributed by atoms with E-state index in [1.54, 1.807) is 41.4 Å². The van der Waals surface area contributed by atoms with Crippen LogP contribution in [0.4, 0.5) is 13.2 Å². The first-order chi connectivity index (χ1) is 24.7. The summed E-state index contributed by atoms with van der Waals surface area (Å²) in [5.41, 5.74) is 1.04. The first kappa shape index (κ1) is 34.9. The van der Waals surface area contributed by atoms with Gasteiger partial charge in [-0.05, 0) is 73.4 Å². The molecule has 2 aliphatic rings. The number of methoxy groups -OCH3 is 1. The molecule has 15 heteroatoms. The summed E-state index contributed by atoms with van der Waals surface area (Å²) in [6, 6.07) is 13.4. The van der Waals surface area contributed by atoms with Crippen molar-refractivity contribution in [3.05, 3.63) is 142 Å². The molecule has 3 heterocycles. The van der Waals surface area contributed by atoms with Crippen molar-refractivity contribution in [2.75, 3.05) is 7.11 Å². The number of carbonyl (C=O) groups is 2. The van der Waals surface area contributed by atoms with Gasteiger partial charge in [0.1, 0.15) is 34.1 Å². The number of benzene rings is 3. The number of aromatic nitrogens is 2. The maximum Gasteiger partial charge on any atom is 0.431 e. The summed E-state index contributed by atoms with van der Waals surface area (Å²) in [6.45, 7) is 1.83. The number of amides is 2. The number of hydrogen-bond acceptors (Lipinski definition) is 6. The number of carbonyl (C=O) groups excluding carboxylic acids is 2. The van der Waals surface area contributed by atoms with Crippen molar-refractivity contribution in [3.63, 3.8) is 0 Å². The Morgan fingerprint density at radius 2 is 1.63 bits per heavy atom. The van der Waals surface area contributed by atoms with E-state index in [4.69, 9.17) is 32.7 Å². The highest BCUT2D eigenvalue weighted by atomic mass is 35.5. The molecular weight excluding hydrogens is 724 g/mol. The quantitative estimate of drug-likeness (QED) is 0.142. The van der Waals surface area contributed by atoms with Crippen molar-refractivity contribution in [1.82, 2.24) is 20.6 Å². The topological polar surface area (TPSA) is 142 Å². The highest BCUT2D eigenvalue weighted by molar-refractivity contribution is 6.33. The van der Waals surface area contributed by atoms with E-state index < -0.39 is 52.5 Å². The number of ether oxygens (including phenoxy) is 2. The van der Waals surface area contributed by atoms with Crippen LogP contribution in [0.25, 0.3) is 11.1 Å². The predicted molar refractivity (Wildman–Crippen MR) is 187 cm³/mol. The molecule has 0 spiro atoms. The number of pyridine rings is 2. The standard InChI is InChI=1S/C37H27Cl2F3N4O6/c1-16-12-22-18(7-9-26(22)44-34(48)21-8-10-29(37(40,41)42)45-35(21)49)32(51-2)30(16)23-14-24-28(15-25(23)39)52-27-13-17(38)5-6-19(27)31(24)46-36(50)20-4-3-11-43-33(20)47/h3-6,8,10-15,26,31H,7,9H2,1-2H3,(H,43,47)(H,44,48)(H,45,49)(H,46,50). The molecule has 52 heavy (non-hydrogen) atoms. The molecule has 266 valence electrons. The van der Waals surface area contributed by atoms with Gasteiger partial charge in [-0.15, -0.1) is 0 Å². The zero-order chi connectivity index (χ0) is 37.1. The second-order valence-electron chi connectivity index (χ2n) is 12.3. The number of nitrogens with one attached hydrogen (secondary N) is 4. The molecule has 1 aliphatic carbocycles. The molecule has 7 rings (SSSR count). The molecular formula is C37H27Cl2F3N4O6. The summed E-state index contributed by atoms with van der Waals surface area (Å²) in [4.78, 5) is 55.6. The van der Waals surface area contributed by atoms with Crippen molar-refractivity contribution >= 4 is 35.0 Å². The van der Waals surface area contributed by atoms with Gasteiger partial charge in [0, 0.05) is 45.1 Å². The van der Waals surface area contributed by atoms with E-state index in [9.17, 15) is 32.3 Å². The molecule has 0 fully saturated rings.